The summed E-state index contributed by atoms with van der Waals surface area (Å²) in [6, 6.07) is 15.4. The maximum absolute atomic E-state index is 5.03. The van der Waals surface area contributed by atoms with Gasteiger partial charge < -0.3 is 19.7 Å². The summed E-state index contributed by atoms with van der Waals surface area (Å²) in [5, 5.41) is 3.36. The SMILES string of the molecule is C=C1NCC2CN(c3ncc(-c4ccc5nc6n(c5n4)C(c4ccccc4)CC6)cn3)CCN12. The Labute approximate surface area is 198 Å². The number of imidazole rings is 1. The molecule has 0 radical (unpaired) electrons. The summed E-state index contributed by atoms with van der Waals surface area (Å²) in [4.78, 5) is 23.9. The van der Waals surface area contributed by atoms with Gasteiger partial charge in [0.15, 0.2) is 5.65 Å². The lowest BCUT2D eigenvalue weighted by atomic mass is 10.0. The molecule has 170 valence electrons. The minimum atomic E-state index is 0.280. The van der Waals surface area contributed by atoms with Crippen LogP contribution in [0.4, 0.5) is 5.95 Å². The van der Waals surface area contributed by atoms with Gasteiger partial charge >= 0.3 is 0 Å². The van der Waals surface area contributed by atoms with Gasteiger partial charge in [0, 0.05) is 50.6 Å². The van der Waals surface area contributed by atoms with Crippen LogP contribution < -0.4 is 10.2 Å². The molecule has 0 aliphatic carbocycles. The number of rotatable bonds is 3. The third kappa shape index (κ3) is 3.05. The fraction of sp³-hybridized carbons (Fsp3) is 0.308. The van der Waals surface area contributed by atoms with E-state index >= 15 is 0 Å². The predicted octanol–water partition coefficient (Wildman–Crippen LogP) is 2.99. The molecule has 3 aromatic heterocycles. The average Bonchev–Trinajstić information content (AvgIpc) is 3.58. The second kappa shape index (κ2) is 7.55. The van der Waals surface area contributed by atoms with Crippen LogP contribution in [-0.2, 0) is 6.42 Å². The van der Waals surface area contributed by atoms with Gasteiger partial charge in [0.05, 0.1) is 23.6 Å². The molecule has 2 fully saturated rings. The van der Waals surface area contributed by atoms with Crippen LogP contribution in [0.2, 0.25) is 0 Å². The third-order valence-electron chi connectivity index (χ3n) is 7.34. The molecule has 2 saturated heterocycles. The fourth-order valence-corrected chi connectivity index (χ4v) is 5.59. The molecule has 3 aliphatic heterocycles. The van der Waals surface area contributed by atoms with Gasteiger partial charge in [-0.25, -0.2) is 19.9 Å². The van der Waals surface area contributed by atoms with Gasteiger partial charge in [0.25, 0.3) is 0 Å². The lowest BCUT2D eigenvalue weighted by Crippen LogP contribution is -2.51. The van der Waals surface area contributed by atoms with Crippen LogP contribution in [0.1, 0.15) is 23.9 Å². The van der Waals surface area contributed by atoms with Gasteiger partial charge in [-0.05, 0) is 24.1 Å². The summed E-state index contributed by atoms with van der Waals surface area (Å²) in [6.07, 6.45) is 5.82. The summed E-state index contributed by atoms with van der Waals surface area (Å²) in [5.41, 5.74) is 4.99. The Hall–Kier alpha value is -3.94. The van der Waals surface area contributed by atoms with Crippen LogP contribution >= 0.6 is 0 Å². The zero-order valence-corrected chi connectivity index (χ0v) is 18.9. The quantitative estimate of drug-likeness (QED) is 0.514. The number of aromatic nitrogens is 5. The monoisotopic (exact) mass is 450 g/mol. The van der Waals surface area contributed by atoms with Crippen LogP contribution in [0, 0.1) is 0 Å². The molecule has 8 heteroatoms. The summed E-state index contributed by atoms with van der Waals surface area (Å²) in [5.74, 6) is 2.92. The van der Waals surface area contributed by atoms with E-state index in [0.29, 0.717) is 6.04 Å². The van der Waals surface area contributed by atoms with Crippen LogP contribution in [0.25, 0.3) is 22.4 Å². The zero-order chi connectivity index (χ0) is 22.6. The van der Waals surface area contributed by atoms with Gasteiger partial charge in [-0.2, -0.15) is 0 Å². The summed E-state index contributed by atoms with van der Waals surface area (Å²) >= 11 is 0. The molecule has 0 spiro atoms. The van der Waals surface area contributed by atoms with E-state index in [4.69, 9.17) is 19.9 Å². The van der Waals surface area contributed by atoms with Crippen molar-refractivity contribution < 1.29 is 0 Å². The van der Waals surface area contributed by atoms with Crippen molar-refractivity contribution in [3.05, 3.63) is 78.6 Å². The normalized spacial score (nSPS) is 21.6. The van der Waals surface area contributed by atoms with E-state index < -0.39 is 0 Å². The Morgan fingerprint density at radius 1 is 0.971 bits per heavy atom. The number of aryl methyl sites for hydroxylation is 1. The van der Waals surface area contributed by atoms with E-state index in [9.17, 15) is 0 Å². The molecule has 0 bridgehead atoms. The molecule has 7 rings (SSSR count). The Bertz CT molecular complexity index is 1380. The van der Waals surface area contributed by atoms with Gasteiger partial charge in [0.2, 0.25) is 5.95 Å². The number of fused-ring (bicyclic) bond motifs is 4. The molecular formula is C26H26N8. The van der Waals surface area contributed by atoms with Gasteiger partial charge in [0.1, 0.15) is 11.3 Å². The van der Waals surface area contributed by atoms with Crippen molar-refractivity contribution in [2.45, 2.75) is 24.9 Å². The standard InChI is InChI=1S/C26H26N8/c1-17-27-15-20-16-32(11-12-33(17)20)26-28-13-19(14-29-26)21-7-8-22-25(31-21)34-23(9-10-24(34)30-22)18-5-3-2-4-6-18/h2-8,13-14,20,23,27H,1,9-12,15-16H2. The highest BCUT2D eigenvalue weighted by Crippen LogP contribution is 2.35. The van der Waals surface area contributed by atoms with E-state index in [2.05, 4.69) is 62.7 Å². The molecular weight excluding hydrogens is 424 g/mol. The van der Waals surface area contributed by atoms with Crippen LogP contribution in [0.5, 0.6) is 0 Å². The Kier molecular flexibility index (Phi) is 4.33. The largest absolute Gasteiger partial charge is 0.370 e. The average molecular weight is 451 g/mol. The number of piperazine rings is 1. The van der Waals surface area contributed by atoms with Gasteiger partial charge in [-0.15, -0.1) is 0 Å². The van der Waals surface area contributed by atoms with Crippen LogP contribution in [0.3, 0.4) is 0 Å². The van der Waals surface area contributed by atoms with E-state index in [1.54, 1.807) is 0 Å². The molecule has 2 unspecified atom stereocenters. The zero-order valence-electron chi connectivity index (χ0n) is 18.9. The maximum atomic E-state index is 5.03. The Morgan fingerprint density at radius 2 is 1.82 bits per heavy atom. The summed E-state index contributed by atoms with van der Waals surface area (Å²) in [6.45, 7) is 7.75. The topological polar surface area (TPSA) is 75.0 Å². The molecule has 1 N–H and O–H groups in total. The first kappa shape index (κ1) is 19.5. The van der Waals surface area contributed by atoms with Crippen molar-refractivity contribution in [1.82, 2.24) is 34.7 Å². The molecule has 34 heavy (non-hydrogen) atoms. The number of nitrogens with zero attached hydrogens (tertiary/aromatic N) is 7. The first-order chi connectivity index (χ1) is 16.7. The molecule has 0 amide bonds. The van der Waals surface area contributed by atoms with Crippen molar-refractivity contribution in [3.63, 3.8) is 0 Å². The predicted molar refractivity (Wildman–Crippen MR) is 131 cm³/mol. The number of hydrogen-bond acceptors (Lipinski definition) is 7. The summed E-state index contributed by atoms with van der Waals surface area (Å²) < 4.78 is 2.31. The van der Waals surface area contributed by atoms with Crippen LogP contribution in [-0.4, -0.2) is 61.6 Å². The number of benzene rings is 1. The van der Waals surface area contributed by atoms with Gasteiger partial charge in [-0.3, -0.25) is 0 Å². The minimum Gasteiger partial charge on any atom is -0.370 e. The number of hydrogen-bond donors (Lipinski definition) is 1. The van der Waals surface area contributed by atoms with Crippen LogP contribution in [0.15, 0.2) is 67.3 Å². The van der Waals surface area contributed by atoms with Gasteiger partial charge in [-0.1, -0.05) is 36.9 Å². The van der Waals surface area contributed by atoms with Crippen molar-refractivity contribution >= 4 is 17.1 Å². The summed E-state index contributed by atoms with van der Waals surface area (Å²) in [7, 11) is 0. The molecule has 4 aromatic rings. The van der Waals surface area contributed by atoms with Crippen molar-refractivity contribution in [3.8, 4) is 11.3 Å². The molecule has 8 nitrogen and oxygen atoms in total. The van der Waals surface area contributed by atoms with Crippen molar-refractivity contribution in [2.24, 2.45) is 0 Å². The Morgan fingerprint density at radius 3 is 2.68 bits per heavy atom. The van der Waals surface area contributed by atoms with E-state index in [1.165, 1.54) is 5.56 Å². The minimum absolute atomic E-state index is 0.280. The number of anilines is 1. The second-order valence-electron chi connectivity index (χ2n) is 9.29. The highest BCUT2D eigenvalue weighted by Gasteiger charge is 2.33. The molecule has 6 heterocycles. The number of nitrogens with one attached hydrogen (secondary N) is 1. The van der Waals surface area contributed by atoms with E-state index in [-0.39, 0.29) is 6.04 Å². The highest BCUT2D eigenvalue weighted by atomic mass is 15.4. The molecule has 2 atom stereocenters. The highest BCUT2D eigenvalue weighted by molar-refractivity contribution is 5.76. The first-order valence-electron chi connectivity index (χ1n) is 11.9. The van der Waals surface area contributed by atoms with E-state index in [1.807, 2.05) is 18.5 Å². The lowest BCUT2D eigenvalue weighted by Gasteiger charge is -2.37. The smallest absolute Gasteiger partial charge is 0.225 e. The van der Waals surface area contributed by atoms with Crippen molar-refractivity contribution in [2.75, 3.05) is 31.1 Å². The Balaban J connectivity index is 1.18. The molecule has 1 aromatic carbocycles. The number of pyridine rings is 1. The molecule has 3 aliphatic rings. The lowest BCUT2D eigenvalue weighted by molar-refractivity contribution is 0.273. The second-order valence-corrected chi connectivity index (χ2v) is 9.29. The third-order valence-corrected chi connectivity index (χ3v) is 7.34. The maximum Gasteiger partial charge on any atom is 0.225 e. The van der Waals surface area contributed by atoms with E-state index in [0.717, 1.165) is 79.0 Å². The first-order valence-corrected chi connectivity index (χ1v) is 11.9. The molecule has 0 saturated carbocycles. The van der Waals surface area contributed by atoms with Crippen molar-refractivity contribution in [1.29, 1.82) is 0 Å². The fourth-order valence-electron chi connectivity index (χ4n) is 5.59.